The van der Waals surface area contributed by atoms with Gasteiger partial charge in [0, 0.05) is 18.2 Å². The number of hydrogen-bond acceptors (Lipinski definition) is 3. The Hall–Kier alpha value is -1.91. The standard InChI is InChI=1S/C18H22FNO2/c1-11-8-15(17(21)9-12(11)2)10-20-13(3)18(22)14-4-6-16(19)7-5-14/h4-9,13,18,20-22H,10H2,1-3H3. The number of nitrogens with one attached hydrogen (secondary N) is 1. The van der Waals surface area contributed by atoms with Crippen LogP contribution in [0.2, 0.25) is 0 Å². The monoisotopic (exact) mass is 303 g/mol. The van der Waals surface area contributed by atoms with E-state index < -0.39 is 6.10 Å². The first kappa shape index (κ1) is 16.5. The van der Waals surface area contributed by atoms with Crippen molar-refractivity contribution in [3.63, 3.8) is 0 Å². The summed E-state index contributed by atoms with van der Waals surface area (Å²) in [5, 5.41) is 23.4. The SMILES string of the molecule is Cc1cc(O)c(CNC(C)C(O)c2ccc(F)cc2)cc1C. The fraction of sp³-hybridized carbons (Fsp3) is 0.333. The zero-order valence-electron chi connectivity index (χ0n) is 13.1. The number of aromatic hydroxyl groups is 1. The Balaban J connectivity index is 2.02. The van der Waals surface area contributed by atoms with Gasteiger partial charge in [0.25, 0.3) is 0 Å². The van der Waals surface area contributed by atoms with E-state index in [0.29, 0.717) is 12.1 Å². The lowest BCUT2D eigenvalue weighted by Crippen LogP contribution is -2.31. The minimum atomic E-state index is -0.741. The van der Waals surface area contributed by atoms with Gasteiger partial charge in [-0.3, -0.25) is 0 Å². The Labute approximate surface area is 130 Å². The summed E-state index contributed by atoms with van der Waals surface area (Å²) in [5.41, 5.74) is 3.61. The second-order valence-electron chi connectivity index (χ2n) is 5.73. The number of halogens is 1. The number of hydrogen-bond donors (Lipinski definition) is 3. The first-order valence-corrected chi connectivity index (χ1v) is 7.34. The predicted octanol–water partition coefficient (Wildman–Crippen LogP) is 3.36. The largest absolute Gasteiger partial charge is 0.508 e. The molecule has 2 unspecified atom stereocenters. The maximum Gasteiger partial charge on any atom is 0.123 e. The number of phenols is 1. The molecule has 118 valence electrons. The summed E-state index contributed by atoms with van der Waals surface area (Å²) < 4.78 is 12.9. The summed E-state index contributed by atoms with van der Waals surface area (Å²) in [5.74, 6) is -0.0734. The highest BCUT2D eigenvalue weighted by Crippen LogP contribution is 2.23. The normalized spacial score (nSPS) is 13.9. The molecular formula is C18H22FNO2. The number of phenolic OH excluding ortho intramolecular Hbond substituents is 1. The van der Waals surface area contributed by atoms with Crippen molar-refractivity contribution in [3.05, 3.63) is 64.5 Å². The van der Waals surface area contributed by atoms with Crippen molar-refractivity contribution in [2.75, 3.05) is 0 Å². The quantitative estimate of drug-likeness (QED) is 0.794. The predicted molar refractivity (Wildman–Crippen MR) is 85.2 cm³/mol. The Morgan fingerprint density at radius 1 is 1.09 bits per heavy atom. The van der Waals surface area contributed by atoms with Gasteiger partial charge < -0.3 is 15.5 Å². The molecule has 0 fully saturated rings. The van der Waals surface area contributed by atoms with E-state index in [1.807, 2.05) is 26.8 Å². The molecule has 0 saturated carbocycles. The van der Waals surface area contributed by atoms with Crippen LogP contribution in [0.1, 0.15) is 35.3 Å². The van der Waals surface area contributed by atoms with Crippen molar-refractivity contribution in [2.45, 2.75) is 39.5 Å². The molecule has 2 atom stereocenters. The molecule has 2 rings (SSSR count). The van der Waals surface area contributed by atoms with E-state index in [4.69, 9.17) is 0 Å². The van der Waals surface area contributed by atoms with Crippen molar-refractivity contribution in [3.8, 4) is 5.75 Å². The third kappa shape index (κ3) is 3.84. The van der Waals surface area contributed by atoms with Crippen LogP contribution in [0.15, 0.2) is 36.4 Å². The van der Waals surface area contributed by atoms with E-state index in [1.165, 1.54) is 12.1 Å². The number of benzene rings is 2. The summed E-state index contributed by atoms with van der Waals surface area (Å²) in [4.78, 5) is 0. The first-order valence-electron chi connectivity index (χ1n) is 7.34. The van der Waals surface area contributed by atoms with Crippen molar-refractivity contribution >= 4 is 0 Å². The smallest absolute Gasteiger partial charge is 0.123 e. The van der Waals surface area contributed by atoms with Crippen molar-refractivity contribution in [2.24, 2.45) is 0 Å². The fourth-order valence-electron chi connectivity index (χ4n) is 2.33. The third-order valence-electron chi connectivity index (χ3n) is 3.99. The zero-order chi connectivity index (χ0) is 16.3. The van der Waals surface area contributed by atoms with Crippen LogP contribution in [0.3, 0.4) is 0 Å². The molecule has 0 aromatic heterocycles. The van der Waals surface area contributed by atoms with Crippen LogP contribution in [0.25, 0.3) is 0 Å². The summed E-state index contributed by atoms with van der Waals surface area (Å²) >= 11 is 0. The summed E-state index contributed by atoms with van der Waals surface area (Å²) in [6.07, 6.45) is -0.741. The van der Waals surface area contributed by atoms with Gasteiger partial charge in [-0.2, -0.15) is 0 Å². The van der Waals surface area contributed by atoms with Crippen molar-refractivity contribution < 1.29 is 14.6 Å². The van der Waals surface area contributed by atoms with Gasteiger partial charge >= 0.3 is 0 Å². The molecule has 2 aromatic carbocycles. The molecule has 0 spiro atoms. The third-order valence-corrected chi connectivity index (χ3v) is 3.99. The highest BCUT2D eigenvalue weighted by Gasteiger charge is 2.16. The Morgan fingerprint density at radius 2 is 1.68 bits per heavy atom. The molecule has 0 bridgehead atoms. The van der Waals surface area contributed by atoms with E-state index >= 15 is 0 Å². The molecule has 0 aliphatic carbocycles. The molecule has 3 N–H and O–H groups in total. The number of aliphatic hydroxyl groups is 1. The summed E-state index contributed by atoms with van der Waals surface area (Å²) in [6.45, 7) is 6.25. The second-order valence-corrected chi connectivity index (χ2v) is 5.73. The van der Waals surface area contributed by atoms with Crippen LogP contribution < -0.4 is 5.32 Å². The lowest BCUT2D eigenvalue weighted by atomic mass is 10.0. The molecule has 0 heterocycles. The second kappa shape index (κ2) is 6.90. The van der Waals surface area contributed by atoms with Gasteiger partial charge in [0.05, 0.1) is 6.10 Å². The van der Waals surface area contributed by atoms with Gasteiger partial charge in [0.15, 0.2) is 0 Å². The highest BCUT2D eigenvalue weighted by molar-refractivity contribution is 5.40. The van der Waals surface area contributed by atoms with Crippen LogP contribution in [-0.2, 0) is 6.54 Å². The lowest BCUT2D eigenvalue weighted by molar-refractivity contribution is 0.135. The van der Waals surface area contributed by atoms with E-state index in [0.717, 1.165) is 16.7 Å². The van der Waals surface area contributed by atoms with Crippen molar-refractivity contribution in [1.82, 2.24) is 5.32 Å². The molecule has 22 heavy (non-hydrogen) atoms. The molecule has 0 amide bonds. The van der Waals surface area contributed by atoms with Gasteiger partial charge in [-0.05, 0) is 55.7 Å². The van der Waals surface area contributed by atoms with Crippen LogP contribution in [0.5, 0.6) is 5.75 Å². The number of aliphatic hydroxyl groups excluding tert-OH is 1. The van der Waals surface area contributed by atoms with Gasteiger partial charge in [-0.15, -0.1) is 0 Å². The summed E-state index contributed by atoms with van der Waals surface area (Å²) in [6, 6.07) is 9.27. The number of aryl methyl sites for hydroxylation is 2. The lowest BCUT2D eigenvalue weighted by Gasteiger charge is -2.21. The molecule has 0 aliphatic heterocycles. The molecule has 2 aromatic rings. The topological polar surface area (TPSA) is 52.5 Å². The van der Waals surface area contributed by atoms with Gasteiger partial charge in [0.2, 0.25) is 0 Å². The number of rotatable bonds is 5. The Kier molecular flexibility index (Phi) is 5.16. The molecule has 0 saturated heterocycles. The Morgan fingerprint density at radius 3 is 2.32 bits per heavy atom. The summed E-state index contributed by atoms with van der Waals surface area (Å²) in [7, 11) is 0. The molecule has 0 radical (unpaired) electrons. The molecular weight excluding hydrogens is 281 g/mol. The minimum Gasteiger partial charge on any atom is -0.508 e. The van der Waals surface area contributed by atoms with Crippen molar-refractivity contribution in [1.29, 1.82) is 0 Å². The fourth-order valence-corrected chi connectivity index (χ4v) is 2.33. The average Bonchev–Trinajstić information content (AvgIpc) is 2.49. The van der Waals surface area contributed by atoms with E-state index in [2.05, 4.69) is 5.32 Å². The van der Waals surface area contributed by atoms with Gasteiger partial charge in [0.1, 0.15) is 11.6 Å². The van der Waals surface area contributed by atoms with E-state index in [1.54, 1.807) is 18.2 Å². The van der Waals surface area contributed by atoms with Crippen LogP contribution >= 0.6 is 0 Å². The van der Waals surface area contributed by atoms with E-state index in [-0.39, 0.29) is 17.6 Å². The van der Waals surface area contributed by atoms with E-state index in [9.17, 15) is 14.6 Å². The molecule has 4 heteroatoms. The highest BCUT2D eigenvalue weighted by atomic mass is 19.1. The maximum absolute atomic E-state index is 12.9. The van der Waals surface area contributed by atoms with Crippen LogP contribution in [0, 0.1) is 19.7 Å². The van der Waals surface area contributed by atoms with Crippen LogP contribution in [0.4, 0.5) is 4.39 Å². The van der Waals surface area contributed by atoms with Gasteiger partial charge in [-0.25, -0.2) is 4.39 Å². The average molecular weight is 303 g/mol. The Bertz CT molecular complexity index is 640. The molecule has 0 aliphatic rings. The van der Waals surface area contributed by atoms with Gasteiger partial charge in [-0.1, -0.05) is 18.2 Å². The minimum absolute atomic E-state index is 0.230. The first-order chi connectivity index (χ1) is 10.4. The maximum atomic E-state index is 12.9. The molecule has 3 nitrogen and oxygen atoms in total. The van der Waals surface area contributed by atoms with Crippen LogP contribution in [-0.4, -0.2) is 16.3 Å². The zero-order valence-corrected chi connectivity index (χ0v) is 13.1.